The second kappa shape index (κ2) is 8.45. The number of carbonyl (C=O) groups excluding carboxylic acids is 1. The lowest BCUT2D eigenvalue weighted by atomic mass is 9.78. The van der Waals surface area contributed by atoms with Gasteiger partial charge in [0, 0.05) is 24.1 Å². The van der Waals surface area contributed by atoms with Gasteiger partial charge in [-0.05, 0) is 48.5 Å². The quantitative estimate of drug-likeness (QED) is 0.631. The molecule has 3 heterocycles. The first-order valence-electron chi connectivity index (χ1n) is 10.3. The molecule has 0 aliphatic carbocycles. The van der Waals surface area contributed by atoms with Crippen molar-refractivity contribution in [2.75, 3.05) is 11.9 Å². The van der Waals surface area contributed by atoms with E-state index in [1.54, 1.807) is 29.0 Å². The minimum Gasteiger partial charge on any atom is -0.532 e. The number of carbonyl (C=O) groups is 1. The maximum absolute atomic E-state index is 12.0. The molecule has 2 aliphatic rings. The summed E-state index contributed by atoms with van der Waals surface area (Å²) in [5.74, 6) is 2.14. The lowest BCUT2D eigenvalue weighted by Gasteiger charge is -2.27. The van der Waals surface area contributed by atoms with Crippen molar-refractivity contribution in [1.29, 1.82) is 5.26 Å². The standard InChI is InChI=1S/C21H24BN5O4/c1-12(2)15-9-22(29)31-18-6-5-13(8-14(15)18)25-21-16(20(24)28)11-27(26-21)17-4-3-7-30-19(17)10-23/h5-6,8-9,11-12,17,19,29H,3-4,7H2,1-2H3,(H2,24,28)(H,25,26)/t17-,19?/m0/s1. The third kappa shape index (κ3) is 4.15. The molecule has 1 fully saturated rings. The Balaban J connectivity index is 1.67. The van der Waals surface area contributed by atoms with Crippen LogP contribution in [0.1, 0.15) is 48.7 Å². The maximum atomic E-state index is 12.0. The van der Waals surface area contributed by atoms with Crippen LogP contribution in [0.25, 0.3) is 5.57 Å². The van der Waals surface area contributed by atoms with Gasteiger partial charge in [-0.3, -0.25) is 9.48 Å². The van der Waals surface area contributed by atoms with Crippen molar-refractivity contribution in [3.8, 4) is 11.8 Å². The van der Waals surface area contributed by atoms with Crippen molar-refractivity contribution < 1.29 is 19.2 Å². The smallest absolute Gasteiger partial charge is 0.532 e. The molecule has 160 valence electrons. The van der Waals surface area contributed by atoms with E-state index in [9.17, 15) is 15.1 Å². The fraction of sp³-hybridized carbons (Fsp3) is 0.381. The number of allylic oxidation sites excluding steroid dienone is 1. The summed E-state index contributed by atoms with van der Waals surface area (Å²) in [7, 11) is -0.980. The number of rotatable bonds is 5. The highest BCUT2D eigenvalue weighted by Gasteiger charge is 2.30. The molecule has 2 aromatic rings. The van der Waals surface area contributed by atoms with Crippen LogP contribution in [0, 0.1) is 17.2 Å². The monoisotopic (exact) mass is 421 g/mol. The molecule has 4 rings (SSSR count). The van der Waals surface area contributed by atoms with Gasteiger partial charge in [-0.15, -0.1) is 0 Å². The van der Waals surface area contributed by atoms with Crippen LogP contribution in [0.5, 0.6) is 5.75 Å². The predicted molar refractivity (Wildman–Crippen MR) is 116 cm³/mol. The van der Waals surface area contributed by atoms with Crippen LogP contribution in [-0.2, 0) is 4.74 Å². The minimum absolute atomic E-state index is 0.183. The van der Waals surface area contributed by atoms with Crippen molar-refractivity contribution in [3.05, 3.63) is 41.5 Å². The Morgan fingerprint density at radius 3 is 3.00 bits per heavy atom. The second-order valence-corrected chi connectivity index (χ2v) is 7.99. The lowest BCUT2D eigenvalue weighted by molar-refractivity contribution is 0.00965. The molecule has 1 amide bonds. The van der Waals surface area contributed by atoms with Gasteiger partial charge >= 0.3 is 7.12 Å². The number of hydrogen-bond acceptors (Lipinski definition) is 7. The van der Waals surface area contributed by atoms with Crippen molar-refractivity contribution in [1.82, 2.24) is 9.78 Å². The number of nitrogens with one attached hydrogen (secondary N) is 1. The van der Waals surface area contributed by atoms with Crippen LogP contribution >= 0.6 is 0 Å². The number of anilines is 2. The molecule has 1 saturated heterocycles. The average Bonchev–Trinajstić information content (AvgIpc) is 3.17. The van der Waals surface area contributed by atoms with Gasteiger partial charge in [0.25, 0.3) is 5.91 Å². The largest absolute Gasteiger partial charge is 0.552 e. The zero-order chi connectivity index (χ0) is 22.1. The number of amides is 1. The maximum Gasteiger partial charge on any atom is 0.552 e. The molecular weight excluding hydrogens is 397 g/mol. The number of benzene rings is 1. The van der Waals surface area contributed by atoms with Gasteiger partial charge < -0.3 is 25.5 Å². The fourth-order valence-corrected chi connectivity index (χ4v) is 3.98. The van der Waals surface area contributed by atoms with Crippen LogP contribution in [0.4, 0.5) is 11.5 Å². The second-order valence-electron chi connectivity index (χ2n) is 7.99. The number of aromatic nitrogens is 2. The van der Waals surface area contributed by atoms with Gasteiger partial charge in [-0.1, -0.05) is 13.8 Å². The number of nitrogens with zero attached hydrogens (tertiary/aromatic N) is 3. The number of hydrogen-bond donors (Lipinski definition) is 3. The first-order valence-corrected chi connectivity index (χ1v) is 10.3. The van der Waals surface area contributed by atoms with E-state index in [0.29, 0.717) is 23.9 Å². The summed E-state index contributed by atoms with van der Waals surface area (Å²) in [5.41, 5.74) is 8.32. The molecule has 1 unspecified atom stereocenters. The predicted octanol–water partition coefficient (Wildman–Crippen LogP) is 2.42. The van der Waals surface area contributed by atoms with Gasteiger partial charge in [-0.2, -0.15) is 10.4 Å². The third-order valence-corrected chi connectivity index (χ3v) is 5.50. The van der Waals surface area contributed by atoms with Gasteiger partial charge in [0.2, 0.25) is 0 Å². The highest BCUT2D eigenvalue weighted by Crippen LogP contribution is 2.37. The molecule has 10 heteroatoms. The van der Waals surface area contributed by atoms with E-state index in [2.05, 4.69) is 16.5 Å². The van der Waals surface area contributed by atoms with E-state index in [1.807, 2.05) is 19.9 Å². The van der Waals surface area contributed by atoms with Crippen LogP contribution in [0.2, 0.25) is 0 Å². The Labute approximate surface area is 180 Å². The molecule has 1 aromatic heterocycles. The minimum atomic E-state index is -0.980. The number of nitriles is 1. The Morgan fingerprint density at radius 1 is 1.48 bits per heavy atom. The van der Waals surface area contributed by atoms with Gasteiger partial charge in [-0.25, -0.2) is 0 Å². The first kappa shape index (κ1) is 21.0. The van der Waals surface area contributed by atoms with Crippen LogP contribution in [-0.4, -0.2) is 40.5 Å². The fourth-order valence-electron chi connectivity index (χ4n) is 3.98. The van der Waals surface area contributed by atoms with Crippen molar-refractivity contribution in [3.63, 3.8) is 0 Å². The van der Waals surface area contributed by atoms with E-state index in [0.717, 1.165) is 24.0 Å². The molecule has 0 saturated carbocycles. The van der Waals surface area contributed by atoms with Crippen molar-refractivity contribution >= 4 is 30.1 Å². The first-order chi connectivity index (χ1) is 14.9. The van der Waals surface area contributed by atoms with E-state index in [-0.39, 0.29) is 17.5 Å². The molecule has 0 radical (unpaired) electrons. The summed E-state index contributed by atoms with van der Waals surface area (Å²) in [6.45, 7) is 4.61. The van der Waals surface area contributed by atoms with Gasteiger partial charge in [0.05, 0.1) is 12.1 Å². The average molecular weight is 421 g/mol. The normalized spacial score (nSPS) is 20.5. The van der Waals surface area contributed by atoms with E-state index in [4.69, 9.17) is 15.1 Å². The van der Waals surface area contributed by atoms with E-state index >= 15 is 0 Å². The molecule has 4 N–H and O–H groups in total. The Bertz CT molecular complexity index is 1070. The summed E-state index contributed by atoms with van der Waals surface area (Å²) in [6.07, 6.45) is 2.45. The van der Waals surface area contributed by atoms with Crippen LogP contribution in [0.3, 0.4) is 0 Å². The SMILES string of the molecule is CC(C)C1=CB(O)Oc2ccc(Nc3nn([C@H]4CCCOC4C#N)cc3C(N)=O)cc21. The molecule has 2 aliphatic heterocycles. The van der Waals surface area contributed by atoms with Crippen molar-refractivity contribution in [2.24, 2.45) is 11.7 Å². The molecule has 31 heavy (non-hydrogen) atoms. The van der Waals surface area contributed by atoms with Gasteiger partial charge in [0.1, 0.15) is 11.3 Å². The van der Waals surface area contributed by atoms with E-state index in [1.165, 1.54) is 0 Å². The highest BCUT2D eigenvalue weighted by molar-refractivity contribution is 6.52. The molecule has 1 aromatic carbocycles. The van der Waals surface area contributed by atoms with Crippen molar-refractivity contribution in [2.45, 2.75) is 38.8 Å². The van der Waals surface area contributed by atoms with E-state index < -0.39 is 19.1 Å². The topological polar surface area (TPSA) is 135 Å². The summed E-state index contributed by atoms with van der Waals surface area (Å²) in [6, 6.07) is 7.29. The third-order valence-electron chi connectivity index (χ3n) is 5.50. The lowest BCUT2D eigenvalue weighted by Crippen LogP contribution is -2.31. The highest BCUT2D eigenvalue weighted by atomic mass is 16.5. The molecule has 0 bridgehead atoms. The zero-order valence-electron chi connectivity index (χ0n) is 17.4. The number of primary amides is 1. The van der Waals surface area contributed by atoms with Crippen LogP contribution in [0.15, 0.2) is 30.4 Å². The number of fused-ring (bicyclic) bond motifs is 1. The number of nitrogens with two attached hydrogens (primary N) is 1. The summed E-state index contributed by atoms with van der Waals surface area (Å²) in [4.78, 5) is 12.0. The molecule has 2 atom stereocenters. The zero-order valence-corrected chi connectivity index (χ0v) is 17.4. The summed E-state index contributed by atoms with van der Waals surface area (Å²) in [5, 5.41) is 27.0. The Hall–Kier alpha value is -3.29. The summed E-state index contributed by atoms with van der Waals surface area (Å²) >= 11 is 0. The number of ether oxygens (including phenoxy) is 1. The van der Waals surface area contributed by atoms with Gasteiger partial charge in [0.15, 0.2) is 11.9 Å². The molecular formula is C21H24BN5O4. The van der Waals surface area contributed by atoms with Crippen LogP contribution < -0.4 is 15.7 Å². The Morgan fingerprint density at radius 2 is 2.29 bits per heavy atom. The molecule has 0 spiro atoms. The summed E-state index contributed by atoms with van der Waals surface area (Å²) < 4.78 is 12.6. The Kier molecular flexibility index (Phi) is 5.72. The molecule has 9 nitrogen and oxygen atoms in total.